The van der Waals surface area contributed by atoms with E-state index in [0.29, 0.717) is 19.0 Å². The number of rotatable bonds is 7. The molecule has 1 aliphatic carbocycles. The van der Waals surface area contributed by atoms with E-state index in [0.717, 1.165) is 18.7 Å². The Morgan fingerprint density at radius 1 is 1.50 bits per heavy atom. The first-order chi connectivity index (χ1) is 11.6. The first kappa shape index (κ1) is 16.4. The van der Waals surface area contributed by atoms with Gasteiger partial charge in [0.2, 0.25) is 0 Å². The summed E-state index contributed by atoms with van der Waals surface area (Å²) in [6.07, 6.45) is 2.82. The number of aliphatic hydroxyl groups excluding tert-OH is 1. The number of ether oxygens (including phenoxy) is 1. The van der Waals surface area contributed by atoms with Crippen LogP contribution in [0.15, 0.2) is 11.0 Å². The molecule has 10 heteroatoms. The van der Waals surface area contributed by atoms with E-state index in [-0.39, 0.29) is 30.2 Å². The summed E-state index contributed by atoms with van der Waals surface area (Å²) in [6.45, 7) is 0.906. The minimum Gasteiger partial charge on any atom is -0.388 e. The molecule has 1 aliphatic rings. The molecule has 0 aliphatic heterocycles. The van der Waals surface area contributed by atoms with Gasteiger partial charge in [-0.15, -0.1) is 10.2 Å². The number of hydrogen-bond acceptors (Lipinski definition) is 6. The van der Waals surface area contributed by atoms with Gasteiger partial charge in [0.25, 0.3) is 5.91 Å². The Balaban J connectivity index is 1.59. The maximum atomic E-state index is 12.0. The van der Waals surface area contributed by atoms with Gasteiger partial charge in [-0.2, -0.15) is 0 Å². The molecule has 0 bridgehead atoms. The lowest BCUT2D eigenvalue weighted by molar-refractivity contribution is 0.0901. The zero-order valence-corrected chi connectivity index (χ0v) is 13.3. The third kappa shape index (κ3) is 3.24. The molecule has 2 aromatic rings. The summed E-state index contributed by atoms with van der Waals surface area (Å²) in [7, 11) is 1.61. The zero-order valence-electron chi connectivity index (χ0n) is 13.3. The molecule has 1 amide bonds. The molecular weight excluding hydrogens is 316 g/mol. The Hall–Kier alpha value is -2.46. The van der Waals surface area contributed by atoms with Crippen molar-refractivity contribution in [3.8, 4) is 0 Å². The summed E-state index contributed by atoms with van der Waals surface area (Å²) in [5.41, 5.74) is -0.191. The van der Waals surface area contributed by atoms with Crippen LogP contribution >= 0.6 is 0 Å². The molecule has 3 rings (SSSR count). The monoisotopic (exact) mass is 336 g/mol. The van der Waals surface area contributed by atoms with Crippen LogP contribution in [0.1, 0.15) is 40.9 Å². The lowest BCUT2D eigenvalue weighted by Crippen LogP contribution is -2.44. The van der Waals surface area contributed by atoms with Crippen molar-refractivity contribution in [2.45, 2.75) is 38.0 Å². The van der Waals surface area contributed by atoms with Gasteiger partial charge >= 0.3 is 5.69 Å². The Morgan fingerprint density at radius 3 is 2.92 bits per heavy atom. The smallest absolute Gasteiger partial charge is 0.323 e. The fourth-order valence-corrected chi connectivity index (χ4v) is 2.86. The summed E-state index contributed by atoms with van der Waals surface area (Å²) in [5.74, 6) is 1.18. The highest BCUT2D eigenvalue weighted by Crippen LogP contribution is 2.36. The molecule has 24 heavy (non-hydrogen) atoms. The fourth-order valence-electron chi connectivity index (χ4n) is 2.86. The molecule has 1 fully saturated rings. The highest BCUT2D eigenvalue weighted by atomic mass is 16.5. The first-order valence-corrected chi connectivity index (χ1v) is 7.72. The van der Waals surface area contributed by atoms with Gasteiger partial charge in [-0.05, 0) is 12.8 Å². The number of hydrogen-bond donors (Lipinski definition) is 4. The van der Waals surface area contributed by atoms with E-state index in [1.165, 1.54) is 6.20 Å². The zero-order chi connectivity index (χ0) is 17.1. The molecular formula is C14H20N6O4. The summed E-state index contributed by atoms with van der Waals surface area (Å²) >= 11 is 0. The molecule has 1 saturated carbocycles. The molecule has 2 aromatic heterocycles. The number of amides is 1. The van der Waals surface area contributed by atoms with Crippen LogP contribution in [-0.4, -0.2) is 55.5 Å². The molecule has 130 valence electrons. The van der Waals surface area contributed by atoms with Crippen molar-refractivity contribution in [3.05, 3.63) is 34.0 Å². The average Bonchev–Trinajstić information content (AvgIpc) is 3.14. The molecule has 0 spiro atoms. The quantitative estimate of drug-likeness (QED) is 0.517. The van der Waals surface area contributed by atoms with Crippen molar-refractivity contribution < 1.29 is 14.6 Å². The highest BCUT2D eigenvalue weighted by Gasteiger charge is 2.35. The number of H-pyrrole nitrogens is 2. The topological polar surface area (TPSA) is 138 Å². The maximum absolute atomic E-state index is 12.0. The predicted octanol–water partition coefficient (Wildman–Crippen LogP) is -0.891. The molecule has 0 atom stereocenters. The number of carbonyl (C=O) groups is 1. The van der Waals surface area contributed by atoms with E-state index in [1.807, 2.05) is 4.57 Å². The molecule has 10 nitrogen and oxygen atoms in total. The van der Waals surface area contributed by atoms with Crippen LogP contribution in [-0.2, 0) is 17.9 Å². The number of carbonyl (C=O) groups excluding carboxylic acids is 1. The number of imidazole rings is 1. The number of nitrogens with one attached hydrogen (secondary N) is 3. The minimum absolute atomic E-state index is 0.0195. The van der Waals surface area contributed by atoms with Crippen molar-refractivity contribution in [1.82, 2.24) is 30.0 Å². The summed E-state index contributed by atoms with van der Waals surface area (Å²) in [4.78, 5) is 27.8. The van der Waals surface area contributed by atoms with Gasteiger partial charge < -0.3 is 29.7 Å². The van der Waals surface area contributed by atoms with E-state index in [9.17, 15) is 14.7 Å². The van der Waals surface area contributed by atoms with Crippen molar-refractivity contribution in [1.29, 1.82) is 0 Å². The summed E-state index contributed by atoms with van der Waals surface area (Å²) in [6, 6.07) is 0.0195. The minimum atomic E-state index is -0.408. The predicted molar refractivity (Wildman–Crippen MR) is 82.5 cm³/mol. The van der Waals surface area contributed by atoms with Gasteiger partial charge in [-0.1, -0.05) is 0 Å². The van der Waals surface area contributed by atoms with Crippen LogP contribution in [0.3, 0.4) is 0 Å². The number of aromatic nitrogens is 5. The van der Waals surface area contributed by atoms with E-state index >= 15 is 0 Å². The van der Waals surface area contributed by atoms with Crippen LogP contribution in [0.25, 0.3) is 0 Å². The van der Waals surface area contributed by atoms with Crippen LogP contribution in [0.2, 0.25) is 0 Å². The number of aromatic amines is 2. The van der Waals surface area contributed by atoms with E-state index in [2.05, 4.69) is 25.5 Å². The molecule has 0 unspecified atom stereocenters. The Labute approximate surface area is 137 Å². The van der Waals surface area contributed by atoms with Crippen LogP contribution in [0.4, 0.5) is 0 Å². The summed E-state index contributed by atoms with van der Waals surface area (Å²) in [5, 5.41) is 20.4. The van der Waals surface area contributed by atoms with Crippen molar-refractivity contribution in [2.75, 3.05) is 13.7 Å². The SMILES string of the molecule is COCCn1c(CO)nnc1C1CC(NC(=O)c2c[nH]c(=O)[nH]2)C1. The Bertz CT molecular complexity index is 757. The number of aliphatic hydroxyl groups is 1. The molecule has 2 heterocycles. The van der Waals surface area contributed by atoms with Crippen LogP contribution in [0.5, 0.6) is 0 Å². The van der Waals surface area contributed by atoms with Crippen molar-refractivity contribution in [2.24, 2.45) is 0 Å². The summed E-state index contributed by atoms with van der Waals surface area (Å²) < 4.78 is 6.95. The third-order valence-electron chi connectivity index (χ3n) is 4.20. The second-order valence-corrected chi connectivity index (χ2v) is 5.77. The van der Waals surface area contributed by atoms with Crippen LogP contribution in [0, 0.1) is 0 Å². The molecule has 4 N–H and O–H groups in total. The van der Waals surface area contributed by atoms with Crippen molar-refractivity contribution >= 4 is 5.91 Å². The lowest BCUT2D eigenvalue weighted by atomic mass is 9.79. The molecule has 0 radical (unpaired) electrons. The maximum Gasteiger partial charge on any atom is 0.323 e. The van der Waals surface area contributed by atoms with E-state index in [1.54, 1.807) is 7.11 Å². The highest BCUT2D eigenvalue weighted by molar-refractivity contribution is 5.92. The largest absolute Gasteiger partial charge is 0.388 e. The fraction of sp³-hybridized carbons (Fsp3) is 0.571. The van der Waals surface area contributed by atoms with Gasteiger partial charge in [-0.3, -0.25) is 4.79 Å². The van der Waals surface area contributed by atoms with Gasteiger partial charge in [0.15, 0.2) is 5.82 Å². The van der Waals surface area contributed by atoms with Gasteiger partial charge in [-0.25, -0.2) is 4.79 Å². The second-order valence-electron chi connectivity index (χ2n) is 5.77. The molecule has 0 aromatic carbocycles. The van der Waals surface area contributed by atoms with Gasteiger partial charge in [0.1, 0.15) is 18.1 Å². The van der Waals surface area contributed by atoms with Gasteiger partial charge in [0.05, 0.1) is 6.61 Å². The average molecular weight is 336 g/mol. The Kier molecular flexibility index (Phi) is 4.76. The standard InChI is InChI=1S/C14H20N6O4/c1-24-3-2-20-11(7-21)18-19-12(20)8-4-9(5-8)16-13(22)10-6-15-14(23)17-10/h6,8-9,21H,2-5,7H2,1H3,(H,16,22)(H2,15,17,23). The first-order valence-electron chi connectivity index (χ1n) is 7.72. The molecule has 0 saturated heterocycles. The third-order valence-corrected chi connectivity index (χ3v) is 4.20. The Morgan fingerprint density at radius 2 is 2.29 bits per heavy atom. The van der Waals surface area contributed by atoms with Crippen molar-refractivity contribution in [3.63, 3.8) is 0 Å². The lowest BCUT2D eigenvalue weighted by Gasteiger charge is -2.35. The number of methoxy groups -OCH3 is 1. The van der Waals surface area contributed by atoms with E-state index in [4.69, 9.17) is 4.74 Å². The normalized spacial score (nSPS) is 19.9. The van der Waals surface area contributed by atoms with Crippen LogP contribution < -0.4 is 11.0 Å². The van der Waals surface area contributed by atoms with E-state index < -0.39 is 5.69 Å². The second kappa shape index (κ2) is 6.97. The van der Waals surface area contributed by atoms with Gasteiger partial charge in [0, 0.05) is 31.8 Å². The number of nitrogens with zero attached hydrogens (tertiary/aromatic N) is 3.